The first-order chi connectivity index (χ1) is 9.78. The molecule has 0 N–H and O–H groups in total. The van der Waals surface area contributed by atoms with Crippen LogP contribution in [0.2, 0.25) is 0 Å². The Balaban J connectivity index is 1.79. The van der Waals surface area contributed by atoms with Crippen molar-refractivity contribution in [2.75, 3.05) is 11.5 Å². The van der Waals surface area contributed by atoms with Gasteiger partial charge in [0.2, 0.25) is 5.91 Å². The molecule has 3 heteroatoms. The van der Waals surface area contributed by atoms with E-state index in [2.05, 4.69) is 0 Å². The Morgan fingerprint density at radius 3 is 2.60 bits per heavy atom. The third-order valence-corrected chi connectivity index (χ3v) is 3.50. The van der Waals surface area contributed by atoms with E-state index >= 15 is 0 Å². The maximum Gasteiger partial charge on any atom is 0.231 e. The largest absolute Gasteiger partial charge is 0.494 e. The lowest BCUT2D eigenvalue weighted by molar-refractivity contribution is -0.117. The third kappa shape index (κ3) is 2.39. The van der Waals surface area contributed by atoms with Gasteiger partial charge in [-0.05, 0) is 36.2 Å². The molecule has 3 nitrogen and oxygen atoms in total. The topological polar surface area (TPSA) is 29.5 Å². The van der Waals surface area contributed by atoms with E-state index in [1.807, 2.05) is 60.4 Å². The van der Waals surface area contributed by atoms with E-state index in [1.165, 1.54) is 0 Å². The molecule has 1 aliphatic heterocycles. The summed E-state index contributed by atoms with van der Waals surface area (Å²) in [6.45, 7) is 3.24. The number of hydrogen-bond donors (Lipinski definition) is 0. The number of hydrogen-bond acceptors (Lipinski definition) is 2. The van der Waals surface area contributed by atoms with Crippen LogP contribution >= 0.6 is 0 Å². The lowest BCUT2D eigenvalue weighted by Crippen LogP contribution is -2.25. The fourth-order valence-corrected chi connectivity index (χ4v) is 2.53. The molecule has 102 valence electrons. The van der Waals surface area contributed by atoms with E-state index in [0.29, 0.717) is 19.6 Å². The van der Waals surface area contributed by atoms with E-state index in [4.69, 9.17) is 4.74 Å². The Kier molecular flexibility index (Phi) is 3.42. The zero-order valence-electron chi connectivity index (χ0n) is 11.5. The van der Waals surface area contributed by atoms with Gasteiger partial charge in [-0.25, -0.2) is 0 Å². The van der Waals surface area contributed by atoms with E-state index in [-0.39, 0.29) is 5.91 Å². The molecule has 20 heavy (non-hydrogen) atoms. The Bertz CT molecular complexity index is 619. The maximum atomic E-state index is 12.1. The van der Waals surface area contributed by atoms with Crippen molar-refractivity contribution >= 4 is 11.6 Å². The summed E-state index contributed by atoms with van der Waals surface area (Å²) in [6, 6.07) is 15.9. The Hall–Kier alpha value is -2.29. The number of ether oxygens (including phenoxy) is 1. The second-order valence-corrected chi connectivity index (χ2v) is 4.86. The fourth-order valence-electron chi connectivity index (χ4n) is 2.53. The van der Waals surface area contributed by atoms with Crippen LogP contribution < -0.4 is 9.64 Å². The van der Waals surface area contributed by atoms with Gasteiger partial charge in [-0.2, -0.15) is 0 Å². The van der Waals surface area contributed by atoms with Gasteiger partial charge in [0.1, 0.15) is 5.75 Å². The standard InChI is InChI=1S/C17H17NO2/c1-2-20-15-9-7-13(8-10-15)12-18-16-6-4-3-5-14(16)11-17(18)19/h3-10H,2,11-12H2,1H3. The molecule has 1 amide bonds. The van der Waals surface area contributed by atoms with Crippen molar-refractivity contribution in [3.05, 3.63) is 59.7 Å². The lowest BCUT2D eigenvalue weighted by atomic mass is 10.1. The molecule has 2 aromatic rings. The monoisotopic (exact) mass is 267 g/mol. The van der Waals surface area contributed by atoms with Crippen molar-refractivity contribution < 1.29 is 9.53 Å². The first kappa shape index (κ1) is 12.7. The van der Waals surface area contributed by atoms with Gasteiger partial charge in [0.05, 0.1) is 19.6 Å². The quantitative estimate of drug-likeness (QED) is 0.851. The summed E-state index contributed by atoms with van der Waals surface area (Å²) in [7, 11) is 0. The zero-order chi connectivity index (χ0) is 13.9. The first-order valence-electron chi connectivity index (χ1n) is 6.88. The number of anilines is 1. The van der Waals surface area contributed by atoms with Gasteiger partial charge in [0, 0.05) is 5.69 Å². The van der Waals surface area contributed by atoms with Crippen molar-refractivity contribution in [3.8, 4) is 5.75 Å². The molecule has 0 fully saturated rings. The van der Waals surface area contributed by atoms with Crippen LogP contribution in [0.5, 0.6) is 5.75 Å². The summed E-state index contributed by atoms with van der Waals surface area (Å²) in [5.74, 6) is 1.03. The fraction of sp³-hybridized carbons (Fsp3) is 0.235. The number of carbonyl (C=O) groups excluding carboxylic acids is 1. The second kappa shape index (κ2) is 5.37. The number of benzene rings is 2. The first-order valence-corrected chi connectivity index (χ1v) is 6.88. The van der Waals surface area contributed by atoms with Crippen LogP contribution in [0.25, 0.3) is 0 Å². The molecular formula is C17H17NO2. The van der Waals surface area contributed by atoms with Crippen molar-refractivity contribution in [2.45, 2.75) is 19.9 Å². The van der Waals surface area contributed by atoms with Crippen LogP contribution in [0.15, 0.2) is 48.5 Å². The number of fused-ring (bicyclic) bond motifs is 1. The minimum atomic E-state index is 0.167. The van der Waals surface area contributed by atoms with Gasteiger partial charge in [-0.15, -0.1) is 0 Å². The highest BCUT2D eigenvalue weighted by Crippen LogP contribution is 2.30. The van der Waals surface area contributed by atoms with E-state index in [0.717, 1.165) is 22.6 Å². The van der Waals surface area contributed by atoms with Crippen molar-refractivity contribution in [3.63, 3.8) is 0 Å². The number of amides is 1. The molecule has 0 saturated carbocycles. The molecule has 1 aliphatic rings. The molecule has 1 heterocycles. The molecule has 0 bridgehead atoms. The van der Waals surface area contributed by atoms with Gasteiger partial charge in [0.25, 0.3) is 0 Å². The van der Waals surface area contributed by atoms with Gasteiger partial charge in [-0.1, -0.05) is 30.3 Å². The second-order valence-electron chi connectivity index (χ2n) is 4.86. The molecular weight excluding hydrogens is 250 g/mol. The van der Waals surface area contributed by atoms with E-state index in [9.17, 15) is 4.79 Å². The van der Waals surface area contributed by atoms with Gasteiger partial charge >= 0.3 is 0 Å². The minimum Gasteiger partial charge on any atom is -0.494 e. The SMILES string of the molecule is CCOc1ccc(CN2C(=O)Cc3ccccc32)cc1. The molecule has 0 aromatic heterocycles. The third-order valence-electron chi connectivity index (χ3n) is 3.50. The Morgan fingerprint density at radius 1 is 1.10 bits per heavy atom. The molecule has 3 rings (SSSR count). The van der Waals surface area contributed by atoms with Gasteiger partial charge in [0.15, 0.2) is 0 Å². The summed E-state index contributed by atoms with van der Waals surface area (Å²) in [4.78, 5) is 14.0. The summed E-state index contributed by atoms with van der Waals surface area (Å²) in [5.41, 5.74) is 3.26. The molecule has 0 atom stereocenters. The van der Waals surface area contributed by atoms with Gasteiger partial charge < -0.3 is 9.64 Å². The van der Waals surface area contributed by atoms with Crippen LogP contribution in [0.1, 0.15) is 18.1 Å². The maximum absolute atomic E-state index is 12.1. The highest BCUT2D eigenvalue weighted by Gasteiger charge is 2.26. The predicted molar refractivity (Wildman–Crippen MR) is 78.9 cm³/mol. The summed E-state index contributed by atoms with van der Waals surface area (Å²) < 4.78 is 5.43. The average Bonchev–Trinajstić information content (AvgIpc) is 2.78. The Labute approximate surface area is 118 Å². The van der Waals surface area contributed by atoms with Crippen molar-refractivity contribution in [1.82, 2.24) is 0 Å². The molecule has 2 aromatic carbocycles. The Morgan fingerprint density at radius 2 is 1.85 bits per heavy atom. The summed E-state index contributed by atoms with van der Waals surface area (Å²) >= 11 is 0. The van der Waals surface area contributed by atoms with Crippen molar-refractivity contribution in [1.29, 1.82) is 0 Å². The molecule has 0 unspecified atom stereocenters. The van der Waals surface area contributed by atoms with Crippen LogP contribution in [0, 0.1) is 0 Å². The number of rotatable bonds is 4. The van der Waals surface area contributed by atoms with Crippen LogP contribution in [-0.2, 0) is 17.8 Å². The zero-order valence-corrected chi connectivity index (χ0v) is 11.5. The van der Waals surface area contributed by atoms with Crippen LogP contribution in [0.3, 0.4) is 0 Å². The molecule has 0 radical (unpaired) electrons. The van der Waals surface area contributed by atoms with Gasteiger partial charge in [-0.3, -0.25) is 4.79 Å². The number of nitrogens with zero attached hydrogens (tertiary/aromatic N) is 1. The lowest BCUT2D eigenvalue weighted by Gasteiger charge is -2.17. The number of carbonyl (C=O) groups is 1. The normalized spacial score (nSPS) is 13.4. The van der Waals surface area contributed by atoms with E-state index in [1.54, 1.807) is 0 Å². The van der Waals surface area contributed by atoms with Crippen molar-refractivity contribution in [2.24, 2.45) is 0 Å². The summed E-state index contributed by atoms with van der Waals surface area (Å²) in [5, 5.41) is 0. The smallest absolute Gasteiger partial charge is 0.231 e. The molecule has 0 aliphatic carbocycles. The highest BCUT2D eigenvalue weighted by molar-refractivity contribution is 6.01. The molecule has 0 spiro atoms. The molecule has 0 saturated heterocycles. The predicted octanol–water partition coefficient (Wildman–Crippen LogP) is 3.17. The van der Waals surface area contributed by atoms with E-state index < -0.39 is 0 Å². The van der Waals surface area contributed by atoms with Crippen LogP contribution in [-0.4, -0.2) is 12.5 Å². The summed E-state index contributed by atoms with van der Waals surface area (Å²) in [6.07, 6.45) is 0.507. The highest BCUT2D eigenvalue weighted by atomic mass is 16.5. The number of para-hydroxylation sites is 1. The minimum absolute atomic E-state index is 0.167. The van der Waals surface area contributed by atoms with Crippen LogP contribution in [0.4, 0.5) is 5.69 Å². The average molecular weight is 267 g/mol.